The van der Waals surface area contributed by atoms with Crippen LogP contribution in [0.2, 0.25) is 0 Å². The van der Waals surface area contributed by atoms with E-state index in [4.69, 9.17) is 0 Å². The molecule has 0 spiro atoms. The van der Waals surface area contributed by atoms with Gasteiger partial charge in [0.05, 0.1) is 12.8 Å². The number of hydrogen-bond acceptors (Lipinski definition) is 3. The van der Waals surface area contributed by atoms with Crippen LogP contribution in [0.4, 0.5) is 0 Å². The zero-order valence-corrected chi connectivity index (χ0v) is 5.41. The Morgan fingerprint density at radius 1 is 1.50 bits per heavy atom. The molecule has 1 N–H and O–H groups in total. The van der Waals surface area contributed by atoms with Crippen molar-refractivity contribution in [3.8, 4) is 0 Å². The minimum atomic E-state index is 0.791. The maximum absolute atomic E-state index is 4.00. The molecule has 0 radical (unpaired) electrons. The molecule has 3 heteroatoms. The predicted molar refractivity (Wildman–Crippen MR) is 38.7 cm³/mol. The fourth-order valence-electron chi connectivity index (χ4n) is 0.958. The lowest BCUT2D eigenvalue weighted by Gasteiger charge is -2.08. The van der Waals surface area contributed by atoms with Crippen LogP contribution in [0.1, 0.15) is 11.1 Å². The topological polar surface area (TPSA) is 37.3 Å². The van der Waals surface area contributed by atoms with E-state index in [1.54, 1.807) is 12.4 Å². The van der Waals surface area contributed by atoms with Crippen molar-refractivity contribution in [2.45, 2.75) is 6.54 Å². The van der Waals surface area contributed by atoms with Crippen molar-refractivity contribution in [3.05, 3.63) is 29.6 Å². The number of hydrogen-bond donors (Lipinski definition) is 1. The molecule has 0 unspecified atom stereocenters. The minimum absolute atomic E-state index is 0.791. The summed E-state index contributed by atoms with van der Waals surface area (Å²) in [6.07, 6.45) is 5.43. The average Bonchev–Trinajstić information content (AvgIpc) is 2.05. The summed E-state index contributed by atoms with van der Waals surface area (Å²) in [5, 5.41) is 3.92. The number of hydrazone groups is 1. The Balaban J connectivity index is 2.54. The second-order valence-corrected chi connectivity index (χ2v) is 2.17. The fraction of sp³-hybridized carbons (Fsp3) is 0.143. The molecule has 0 aliphatic carbocycles. The molecule has 1 aliphatic heterocycles. The molecule has 1 aromatic heterocycles. The molecule has 0 bridgehead atoms. The molecular formula is C7H7N3. The molecule has 10 heavy (non-hydrogen) atoms. The molecule has 2 rings (SSSR count). The summed E-state index contributed by atoms with van der Waals surface area (Å²) in [5.74, 6) is 0. The third-order valence-electron chi connectivity index (χ3n) is 1.51. The van der Waals surface area contributed by atoms with Gasteiger partial charge in [-0.1, -0.05) is 0 Å². The van der Waals surface area contributed by atoms with Gasteiger partial charge in [0.25, 0.3) is 0 Å². The first-order valence-electron chi connectivity index (χ1n) is 3.15. The van der Waals surface area contributed by atoms with Crippen LogP contribution in [-0.2, 0) is 6.54 Å². The van der Waals surface area contributed by atoms with Gasteiger partial charge in [-0.3, -0.25) is 4.98 Å². The lowest BCUT2D eigenvalue weighted by molar-refractivity contribution is 0.731. The largest absolute Gasteiger partial charge is 0.306 e. The number of aromatic nitrogens is 1. The highest BCUT2D eigenvalue weighted by Gasteiger charge is 2.01. The Labute approximate surface area is 58.8 Å². The Kier molecular flexibility index (Phi) is 1.13. The van der Waals surface area contributed by atoms with Gasteiger partial charge in [0, 0.05) is 18.0 Å². The van der Waals surface area contributed by atoms with Crippen LogP contribution in [-0.4, -0.2) is 11.2 Å². The first kappa shape index (κ1) is 5.41. The number of fused-ring (bicyclic) bond motifs is 1. The molecule has 1 aliphatic rings. The van der Waals surface area contributed by atoms with Gasteiger partial charge in [-0.2, -0.15) is 5.10 Å². The van der Waals surface area contributed by atoms with Crippen molar-refractivity contribution >= 4 is 6.21 Å². The van der Waals surface area contributed by atoms with Crippen LogP contribution in [0.5, 0.6) is 0 Å². The van der Waals surface area contributed by atoms with E-state index in [0.29, 0.717) is 0 Å². The molecule has 50 valence electrons. The molecule has 0 saturated carbocycles. The highest BCUT2D eigenvalue weighted by Crippen LogP contribution is 2.05. The second kappa shape index (κ2) is 2.10. The predicted octanol–water partition coefficient (Wildman–Crippen LogP) is 0.519. The molecule has 0 aromatic carbocycles. The van der Waals surface area contributed by atoms with Crippen LogP contribution in [0.15, 0.2) is 23.6 Å². The molecule has 0 saturated heterocycles. The summed E-state index contributed by atoms with van der Waals surface area (Å²) in [6, 6.07) is 1.96. The fourth-order valence-corrected chi connectivity index (χ4v) is 0.958. The number of nitrogens with one attached hydrogen (secondary N) is 1. The lowest BCUT2D eigenvalue weighted by atomic mass is 10.1. The smallest absolute Gasteiger partial charge is 0.0601 e. The number of pyridine rings is 1. The number of nitrogens with zero attached hydrogens (tertiary/aromatic N) is 2. The van der Waals surface area contributed by atoms with Crippen LogP contribution in [0, 0.1) is 0 Å². The van der Waals surface area contributed by atoms with E-state index in [1.807, 2.05) is 12.3 Å². The van der Waals surface area contributed by atoms with E-state index in [0.717, 1.165) is 12.1 Å². The lowest BCUT2D eigenvalue weighted by Crippen LogP contribution is -2.13. The summed E-state index contributed by atoms with van der Waals surface area (Å²) in [4.78, 5) is 4.00. The Hall–Kier alpha value is -1.38. The zero-order chi connectivity index (χ0) is 6.81. The average molecular weight is 133 g/mol. The summed E-state index contributed by atoms with van der Waals surface area (Å²) in [5.41, 5.74) is 5.24. The number of rotatable bonds is 0. The normalized spacial score (nSPS) is 14.0. The van der Waals surface area contributed by atoms with Gasteiger partial charge >= 0.3 is 0 Å². The molecule has 3 nitrogen and oxygen atoms in total. The first-order valence-corrected chi connectivity index (χ1v) is 3.15. The van der Waals surface area contributed by atoms with Gasteiger partial charge in [0.1, 0.15) is 0 Å². The van der Waals surface area contributed by atoms with Crippen molar-refractivity contribution < 1.29 is 0 Å². The Morgan fingerprint density at radius 2 is 2.50 bits per heavy atom. The zero-order valence-electron chi connectivity index (χ0n) is 5.41. The van der Waals surface area contributed by atoms with Gasteiger partial charge in [-0.25, -0.2) is 0 Å². The highest BCUT2D eigenvalue weighted by molar-refractivity contribution is 5.81. The summed E-state index contributed by atoms with van der Waals surface area (Å²) in [6.45, 7) is 0.791. The van der Waals surface area contributed by atoms with E-state index >= 15 is 0 Å². The summed E-state index contributed by atoms with van der Waals surface area (Å²) >= 11 is 0. The summed E-state index contributed by atoms with van der Waals surface area (Å²) < 4.78 is 0. The second-order valence-electron chi connectivity index (χ2n) is 2.17. The Morgan fingerprint density at radius 3 is 3.40 bits per heavy atom. The Bertz CT molecular complexity index is 267. The third-order valence-corrected chi connectivity index (χ3v) is 1.51. The van der Waals surface area contributed by atoms with Gasteiger partial charge < -0.3 is 5.43 Å². The highest BCUT2D eigenvalue weighted by atomic mass is 15.3. The van der Waals surface area contributed by atoms with Crippen molar-refractivity contribution in [2.24, 2.45) is 5.10 Å². The van der Waals surface area contributed by atoms with Gasteiger partial charge in [-0.15, -0.1) is 0 Å². The van der Waals surface area contributed by atoms with Crippen LogP contribution < -0.4 is 5.43 Å². The van der Waals surface area contributed by atoms with Gasteiger partial charge in [0.2, 0.25) is 0 Å². The standard InChI is InChI=1S/C7H7N3/c1-2-8-3-7-5-10-9-4-6(1)7/h1-4,10H,5H2. The van der Waals surface area contributed by atoms with Crippen molar-refractivity contribution in [2.75, 3.05) is 0 Å². The van der Waals surface area contributed by atoms with Crippen molar-refractivity contribution in [3.63, 3.8) is 0 Å². The van der Waals surface area contributed by atoms with Crippen molar-refractivity contribution in [1.29, 1.82) is 0 Å². The molecular weight excluding hydrogens is 126 g/mol. The molecule has 0 amide bonds. The van der Waals surface area contributed by atoms with E-state index < -0.39 is 0 Å². The maximum Gasteiger partial charge on any atom is 0.0601 e. The van der Waals surface area contributed by atoms with Crippen molar-refractivity contribution in [1.82, 2.24) is 10.4 Å². The van der Waals surface area contributed by atoms with Crippen LogP contribution >= 0.6 is 0 Å². The monoisotopic (exact) mass is 133 g/mol. The van der Waals surface area contributed by atoms with Crippen LogP contribution in [0.25, 0.3) is 0 Å². The van der Waals surface area contributed by atoms with E-state index in [-0.39, 0.29) is 0 Å². The first-order chi connectivity index (χ1) is 4.97. The minimum Gasteiger partial charge on any atom is -0.306 e. The SMILES string of the molecule is C1=NNCc2cnccc21. The van der Waals surface area contributed by atoms with Gasteiger partial charge in [0.15, 0.2) is 0 Å². The quantitative estimate of drug-likeness (QED) is 0.560. The summed E-state index contributed by atoms with van der Waals surface area (Å²) in [7, 11) is 0. The maximum atomic E-state index is 4.00. The van der Waals surface area contributed by atoms with E-state index in [9.17, 15) is 0 Å². The third kappa shape index (κ3) is 0.757. The van der Waals surface area contributed by atoms with Gasteiger partial charge in [-0.05, 0) is 11.6 Å². The molecule has 2 heterocycles. The molecule has 0 atom stereocenters. The molecule has 1 aromatic rings. The van der Waals surface area contributed by atoms with Crippen LogP contribution in [0.3, 0.4) is 0 Å². The molecule has 0 fully saturated rings. The van der Waals surface area contributed by atoms with E-state index in [2.05, 4.69) is 15.5 Å². The van der Waals surface area contributed by atoms with E-state index in [1.165, 1.54) is 5.56 Å².